The largest absolute Gasteiger partial charge is 0.350 e. The third-order valence-electron chi connectivity index (χ3n) is 3.28. The number of nitrogens with one attached hydrogen (secondary N) is 2. The smallest absolute Gasteiger partial charge is 0.316 e. The molecule has 1 aromatic carbocycles. The summed E-state index contributed by atoms with van der Waals surface area (Å²) in [5.41, 5.74) is 2.52. The van der Waals surface area contributed by atoms with Gasteiger partial charge in [0.2, 0.25) is 0 Å². The van der Waals surface area contributed by atoms with Crippen LogP contribution in [0.25, 0.3) is 10.9 Å². The molecule has 108 valence electrons. The molecule has 0 saturated carbocycles. The van der Waals surface area contributed by atoms with E-state index in [2.05, 4.69) is 52.7 Å². The van der Waals surface area contributed by atoms with Crippen LogP contribution in [-0.4, -0.2) is 42.7 Å². The van der Waals surface area contributed by atoms with E-state index in [0.717, 1.165) is 13.1 Å². The first-order valence-corrected chi connectivity index (χ1v) is 6.78. The Morgan fingerprint density at radius 1 is 1.25 bits per heavy atom. The number of fused-ring (bicyclic) bond motifs is 1. The Balaban J connectivity index is 1.83. The molecule has 20 heavy (non-hydrogen) atoms. The number of nitrogens with zero attached hydrogens (tertiary/aromatic N) is 2. The van der Waals surface area contributed by atoms with Gasteiger partial charge in [-0.05, 0) is 11.6 Å². The Hall–Kier alpha value is -2.01. The minimum absolute atomic E-state index is 0.0584. The normalized spacial score (nSPS) is 10.8. The molecule has 0 fully saturated rings. The summed E-state index contributed by atoms with van der Waals surface area (Å²) >= 11 is 0. The van der Waals surface area contributed by atoms with Crippen LogP contribution in [-0.2, 0) is 13.6 Å². The summed E-state index contributed by atoms with van der Waals surface area (Å²) in [4.78, 5) is 12.9. The molecule has 0 bridgehead atoms. The number of carbonyl (C=O) groups excluding carboxylic acids is 1. The van der Waals surface area contributed by atoms with Gasteiger partial charge >= 0.3 is 6.03 Å². The molecule has 0 saturated heterocycles. The van der Waals surface area contributed by atoms with Crippen molar-refractivity contribution in [3.05, 3.63) is 36.0 Å². The lowest BCUT2D eigenvalue weighted by Crippen LogP contribution is -2.38. The number of aryl methyl sites for hydroxylation is 1. The Morgan fingerprint density at radius 2 is 2.00 bits per heavy atom. The number of amides is 2. The molecule has 0 aliphatic rings. The van der Waals surface area contributed by atoms with Gasteiger partial charge in [-0.1, -0.05) is 18.2 Å². The van der Waals surface area contributed by atoms with Gasteiger partial charge in [0.1, 0.15) is 0 Å². The van der Waals surface area contributed by atoms with E-state index in [1.807, 2.05) is 0 Å². The summed E-state index contributed by atoms with van der Waals surface area (Å²) in [6.45, 7) is 2.18. The highest BCUT2D eigenvalue weighted by atomic mass is 16.2. The first-order valence-electron chi connectivity index (χ1n) is 6.78. The van der Waals surface area contributed by atoms with Crippen molar-refractivity contribution < 1.29 is 4.79 Å². The number of para-hydroxylation sites is 1. The molecule has 2 N–H and O–H groups in total. The van der Waals surface area contributed by atoms with Crippen molar-refractivity contribution >= 4 is 16.9 Å². The molecule has 1 aromatic heterocycles. The summed E-state index contributed by atoms with van der Waals surface area (Å²) in [5.74, 6) is 0. The number of rotatable bonds is 5. The van der Waals surface area contributed by atoms with Crippen LogP contribution in [0, 0.1) is 0 Å². The lowest BCUT2D eigenvalue weighted by Gasteiger charge is -2.12. The fourth-order valence-electron chi connectivity index (χ4n) is 2.21. The summed E-state index contributed by atoms with van der Waals surface area (Å²) < 4.78 is 2.14. The van der Waals surface area contributed by atoms with Crippen LogP contribution in [0.3, 0.4) is 0 Å². The SMILES string of the molecule is CN(C)C(=O)NCCNCc1cn(C)c2ccccc12. The van der Waals surface area contributed by atoms with Crippen LogP contribution in [0.15, 0.2) is 30.5 Å². The van der Waals surface area contributed by atoms with Crippen molar-refractivity contribution in [3.63, 3.8) is 0 Å². The maximum Gasteiger partial charge on any atom is 0.316 e. The zero-order valence-electron chi connectivity index (χ0n) is 12.3. The minimum Gasteiger partial charge on any atom is -0.350 e. The highest BCUT2D eigenvalue weighted by Gasteiger charge is 2.05. The van der Waals surface area contributed by atoms with E-state index in [4.69, 9.17) is 0 Å². The third-order valence-corrected chi connectivity index (χ3v) is 3.28. The summed E-state index contributed by atoms with van der Waals surface area (Å²) in [6, 6.07) is 8.31. The van der Waals surface area contributed by atoms with Gasteiger partial charge in [0.25, 0.3) is 0 Å². The number of aromatic nitrogens is 1. The van der Waals surface area contributed by atoms with Crippen molar-refractivity contribution in [2.24, 2.45) is 7.05 Å². The van der Waals surface area contributed by atoms with E-state index < -0.39 is 0 Å². The second-order valence-electron chi connectivity index (χ2n) is 5.09. The average Bonchev–Trinajstić information content (AvgIpc) is 2.75. The van der Waals surface area contributed by atoms with E-state index in [0.29, 0.717) is 6.54 Å². The minimum atomic E-state index is -0.0584. The van der Waals surface area contributed by atoms with Gasteiger partial charge in [-0.25, -0.2) is 4.79 Å². The molecule has 2 aromatic rings. The monoisotopic (exact) mass is 274 g/mol. The van der Waals surface area contributed by atoms with Crippen LogP contribution in [0.5, 0.6) is 0 Å². The van der Waals surface area contributed by atoms with Crippen LogP contribution in [0.4, 0.5) is 4.79 Å². The lowest BCUT2D eigenvalue weighted by molar-refractivity contribution is 0.217. The highest BCUT2D eigenvalue weighted by Crippen LogP contribution is 2.19. The Labute approximate surface area is 119 Å². The molecule has 0 spiro atoms. The molecular formula is C15H22N4O. The molecule has 0 atom stereocenters. The Bertz CT molecular complexity index is 589. The predicted octanol–water partition coefficient (Wildman–Crippen LogP) is 1.54. The van der Waals surface area contributed by atoms with E-state index in [1.165, 1.54) is 21.4 Å². The van der Waals surface area contributed by atoms with Crippen LogP contribution < -0.4 is 10.6 Å². The average molecular weight is 274 g/mol. The van der Waals surface area contributed by atoms with Gasteiger partial charge in [0.15, 0.2) is 0 Å². The van der Waals surface area contributed by atoms with E-state index >= 15 is 0 Å². The fraction of sp³-hybridized carbons (Fsp3) is 0.400. The molecule has 0 radical (unpaired) electrons. The van der Waals surface area contributed by atoms with Crippen molar-refractivity contribution in [2.75, 3.05) is 27.2 Å². The number of benzene rings is 1. The van der Waals surface area contributed by atoms with Crippen molar-refractivity contribution in [2.45, 2.75) is 6.54 Å². The molecule has 2 rings (SSSR count). The second-order valence-corrected chi connectivity index (χ2v) is 5.09. The van der Waals surface area contributed by atoms with Crippen LogP contribution >= 0.6 is 0 Å². The van der Waals surface area contributed by atoms with Gasteiger partial charge < -0.3 is 20.1 Å². The number of hydrogen-bond donors (Lipinski definition) is 2. The Morgan fingerprint density at radius 3 is 2.75 bits per heavy atom. The van der Waals surface area contributed by atoms with Crippen LogP contribution in [0.2, 0.25) is 0 Å². The van der Waals surface area contributed by atoms with E-state index in [9.17, 15) is 4.79 Å². The number of hydrogen-bond acceptors (Lipinski definition) is 2. The third kappa shape index (κ3) is 3.30. The molecular weight excluding hydrogens is 252 g/mol. The fourth-order valence-corrected chi connectivity index (χ4v) is 2.21. The first kappa shape index (κ1) is 14.4. The Kier molecular flexibility index (Phi) is 4.63. The standard InChI is InChI=1S/C15H22N4O/c1-18(2)15(20)17-9-8-16-10-12-11-19(3)14-7-5-4-6-13(12)14/h4-7,11,16H,8-10H2,1-3H3,(H,17,20). The second kappa shape index (κ2) is 6.43. The summed E-state index contributed by atoms with van der Waals surface area (Å²) in [6.07, 6.45) is 2.15. The van der Waals surface area contributed by atoms with Crippen molar-refractivity contribution in [1.29, 1.82) is 0 Å². The topological polar surface area (TPSA) is 49.3 Å². The number of carbonyl (C=O) groups is 1. The quantitative estimate of drug-likeness (QED) is 0.813. The maximum absolute atomic E-state index is 11.3. The van der Waals surface area contributed by atoms with E-state index in [-0.39, 0.29) is 6.03 Å². The molecule has 0 aliphatic carbocycles. The van der Waals surface area contributed by atoms with Gasteiger partial charge in [-0.15, -0.1) is 0 Å². The predicted molar refractivity (Wildman–Crippen MR) is 81.7 cm³/mol. The van der Waals surface area contributed by atoms with Gasteiger partial charge in [-0.3, -0.25) is 0 Å². The molecule has 0 unspecified atom stereocenters. The molecule has 1 heterocycles. The van der Waals surface area contributed by atoms with Gasteiger partial charge in [0, 0.05) is 57.9 Å². The maximum atomic E-state index is 11.3. The van der Waals surface area contributed by atoms with Crippen molar-refractivity contribution in [1.82, 2.24) is 20.1 Å². The van der Waals surface area contributed by atoms with Crippen molar-refractivity contribution in [3.8, 4) is 0 Å². The number of urea groups is 1. The summed E-state index contributed by atoms with van der Waals surface area (Å²) in [5, 5.41) is 7.46. The summed E-state index contributed by atoms with van der Waals surface area (Å²) in [7, 11) is 5.53. The molecule has 5 nitrogen and oxygen atoms in total. The molecule has 0 aliphatic heterocycles. The van der Waals surface area contributed by atoms with Gasteiger partial charge in [0.05, 0.1) is 0 Å². The first-order chi connectivity index (χ1) is 9.59. The van der Waals surface area contributed by atoms with Crippen LogP contribution in [0.1, 0.15) is 5.56 Å². The highest BCUT2D eigenvalue weighted by molar-refractivity contribution is 5.83. The van der Waals surface area contributed by atoms with E-state index in [1.54, 1.807) is 14.1 Å². The molecule has 5 heteroatoms. The van der Waals surface area contributed by atoms with Gasteiger partial charge in [-0.2, -0.15) is 0 Å². The lowest BCUT2D eigenvalue weighted by atomic mass is 10.2. The zero-order valence-corrected chi connectivity index (χ0v) is 12.3. The zero-order chi connectivity index (χ0) is 14.5. The molecule has 2 amide bonds.